The van der Waals surface area contributed by atoms with Crippen molar-refractivity contribution in [3.63, 3.8) is 0 Å². The maximum atomic E-state index is 13.3. The van der Waals surface area contributed by atoms with Crippen molar-refractivity contribution < 1.29 is 8.42 Å². The highest BCUT2D eigenvalue weighted by atomic mass is 32.2. The summed E-state index contributed by atoms with van der Waals surface area (Å²) in [5.74, 6) is 0.874. The highest BCUT2D eigenvalue weighted by molar-refractivity contribution is 7.93. The van der Waals surface area contributed by atoms with Crippen molar-refractivity contribution >= 4 is 42.8 Å². The van der Waals surface area contributed by atoms with E-state index in [9.17, 15) is 8.42 Å². The summed E-state index contributed by atoms with van der Waals surface area (Å²) in [4.78, 5) is 9.30. The van der Waals surface area contributed by atoms with Gasteiger partial charge in [0.15, 0.2) is 0 Å². The summed E-state index contributed by atoms with van der Waals surface area (Å²) in [6.45, 7) is 9.53. The maximum Gasteiger partial charge on any atom is 0.215 e. The zero-order valence-corrected chi connectivity index (χ0v) is 18.4. The van der Waals surface area contributed by atoms with Crippen LogP contribution in [0.25, 0.3) is 10.1 Å². The molecule has 1 N–H and O–H groups in total. The van der Waals surface area contributed by atoms with Crippen molar-refractivity contribution in [3.05, 3.63) is 42.6 Å². The molecule has 0 saturated carbocycles. The molecule has 0 amide bonds. The predicted molar refractivity (Wildman–Crippen MR) is 120 cm³/mol. The lowest BCUT2D eigenvalue weighted by Gasteiger charge is -2.28. The third-order valence-electron chi connectivity index (χ3n) is 5.36. The quantitative estimate of drug-likeness (QED) is 0.647. The van der Waals surface area contributed by atoms with Crippen LogP contribution in [-0.2, 0) is 9.84 Å². The first-order valence-electron chi connectivity index (χ1n) is 9.99. The number of anilines is 2. The molecule has 0 radical (unpaired) electrons. The van der Waals surface area contributed by atoms with Gasteiger partial charge in [-0.3, -0.25) is 0 Å². The second kappa shape index (κ2) is 8.30. The second-order valence-electron chi connectivity index (χ2n) is 7.02. The molecule has 0 bridgehead atoms. The van der Waals surface area contributed by atoms with E-state index in [1.807, 2.05) is 18.2 Å². The summed E-state index contributed by atoms with van der Waals surface area (Å²) in [6.07, 6.45) is 1.77. The van der Waals surface area contributed by atoms with Crippen molar-refractivity contribution in [2.75, 3.05) is 49.1 Å². The lowest BCUT2D eigenvalue weighted by molar-refractivity contribution is 0.586. The number of sulfone groups is 1. The minimum Gasteiger partial charge on any atom is -0.372 e. The molecule has 0 atom stereocenters. The van der Waals surface area contributed by atoms with Gasteiger partial charge < -0.3 is 15.1 Å². The van der Waals surface area contributed by atoms with Crippen molar-refractivity contribution in [2.24, 2.45) is 0 Å². The summed E-state index contributed by atoms with van der Waals surface area (Å²) in [7, 11) is -3.56. The van der Waals surface area contributed by atoms with Crippen LogP contribution in [0.2, 0.25) is 0 Å². The van der Waals surface area contributed by atoms with E-state index in [4.69, 9.17) is 0 Å². The number of rotatable bonds is 6. The van der Waals surface area contributed by atoms with Crippen LogP contribution in [0.3, 0.4) is 0 Å². The number of thiophene rings is 1. The molecule has 1 aliphatic rings. The van der Waals surface area contributed by atoms with E-state index in [1.165, 1.54) is 11.3 Å². The van der Waals surface area contributed by atoms with Gasteiger partial charge in [0.25, 0.3) is 0 Å². The Bertz CT molecular complexity index is 1080. The van der Waals surface area contributed by atoms with Crippen LogP contribution >= 0.6 is 11.3 Å². The molecular weight excluding hydrogens is 404 g/mol. The van der Waals surface area contributed by atoms with Crippen LogP contribution < -0.4 is 15.1 Å². The second-order valence-corrected chi connectivity index (χ2v) is 10.3. The van der Waals surface area contributed by atoms with Crippen LogP contribution in [0.1, 0.15) is 13.8 Å². The molecule has 154 valence electrons. The lowest BCUT2D eigenvalue weighted by atomic mass is 10.2. The predicted octanol–water partition coefficient (Wildman–Crippen LogP) is 3.38. The number of benzene rings is 1. The molecule has 29 heavy (non-hydrogen) atoms. The first-order valence-corrected chi connectivity index (χ1v) is 12.3. The van der Waals surface area contributed by atoms with Gasteiger partial charge >= 0.3 is 0 Å². The van der Waals surface area contributed by atoms with E-state index in [0.29, 0.717) is 9.10 Å². The van der Waals surface area contributed by atoms with Gasteiger partial charge in [-0.25, -0.2) is 13.4 Å². The summed E-state index contributed by atoms with van der Waals surface area (Å²) < 4.78 is 27.8. The van der Waals surface area contributed by atoms with Gasteiger partial charge in [0.05, 0.1) is 4.90 Å². The zero-order chi connectivity index (χ0) is 20.4. The van der Waals surface area contributed by atoms with Crippen molar-refractivity contribution in [2.45, 2.75) is 23.0 Å². The van der Waals surface area contributed by atoms with E-state index in [2.05, 4.69) is 33.9 Å². The van der Waals surface area contributed by atoms with Gasteiger partial charge in [-0.15, -0.1) is 11.3 Å². The molecule has 1 aromatic carbocycles. The van der Waals surface area contributed by atoms with Crippen molar-refractivity contribution in [3.8, 4) is 0 Å². The maximum absolute atomic E-state index is 13.3. The van der Waals surface area contributed by atoms with Gasteiger partial charge in [-0.05, 0) is 50.2 Å². The fourth-order valence-electron chi connectivity index (χ4n) is 3.73. The Kier molecular flexibility index (Phi) is 5.76. The standard InChI is InChI=1S/C21H26N4O2S2/c1-3-24(4-2)16-5-7-17(8-6-16)29(26,27)20-15-18-19(28-20)9-10-23-21(18)25-13-11-22-12-14-25/h5-10,15,22H,3-4,11-14H2,1-2H3. The molecule has 2 aromatic heterocycles. The van der Waals surface area contributed by atoms with Crippen LogP contribution in [0.4, 0.5) is 11.5 Å². The summed E-state index contributed by atoms with van der Waals surface area (Å²) in [6, 6.07) is 10.9. The Morgan fingerprint density at radius 3 is 2.45 bits per heavy atom. The van der Waals surface area contributed by atoms with Crippen molar-refractivity contribution in [1.29, 1.82) is 0 Å². The van der Waals surface area contributed by atoms with Crippen LogP contribution in [0.15, 0.2) is 51.7 Å². The Morgan fingerprint density at radius 2 is 1.79 bits per heavy atom. The molecule has 4 rings (SSSR count). The Morgan fingerprint density at radius 1 is 1.10 bits per heavy atom. The number of hydrogen-bond acceptors (Lipinski definition) is 7. The van der Waals surface area contributed by atoms with E-state index < -0.39 is 9.84 Å². The first kappa shape index (κ1) is 20.1. The van der Waals surface area contributed by atoms with Gasteiger partial charge in [0, 0.05) is 61.2 Å². The average molecular weight is 431 g/mol. The van der Waals surface area contributed by atoms with Gasteiger partial charge in [-0.1, -0.05) is 0 Å². The van der Waals surface area contributed by atoms with Crippen molar-refractivity contribution in [1.82, 2.24) is 10.3 Å². The highest BCUT2D eigenvalue weighted by Gasteiger charge is 2.23. The molecule has 1 fully saturated rings. The monoisotopic (exact) mass is 430 g/mol. The van der Waals surface area contributed by atoms with Crippen LogP contribution in [-0.4, -0.2) is 52.7 Å². The number of nitrogens with zero attached hydrogens (tertiary/aromatic N) is 3. The fraction of sp³-hybridized carbons (Fsp3) is 0.381. The summed E-state index contributed by atoms with van der Waals surface area (Å²) >= 11 is 1.32. The molecule has 0 unspecified atom stereocenters. The Labute approximate surface area is 176 Å². The van der Waals surface area contributed by atoms with Gasteiger partial charge in [0.1, 0.15) is 10.0 Å². The summed E-state index contributed by atoms with van der Waals surface area (Å²) in [5, 5.41) is 4.25. The SMILES string of the molecule is CCN(CC)c1ccc(S(=O)(=O)c2cc3c(N4CCNCC4)nccc3s2)cc1. The molecule has 3 heterocycles. The third-order valence-corrected chi connectivity index (χ3v) is 8.70. The largest absolute Gasteiger partial charge is 0.372 e. The first-order chi connectivity index (χ1) is 14.0. The lowest BCUT2D eigenvalue weighted by Crippen LogP contribution is -2.43. The molecular formula is C21H26N4O2S2. The van der Waals surface area contributed by atoms with Gasteiger partial charge in [0.2, 0.25) is 9.84 Å². The van der Waals surface area contributed by atoms with E-state index in [1.54, 1.807) is 24.4 Å². The third kappa shape index (κ3) is 3.84. The fourth-order valence-corrected chi connectivity index (χ4v) is 6.51. The van der Waals surface area contributed by atoms with Gasteiger partial charge in [-0.2, -0.15) is 0 Å². The molecule has 0 spiro atoms. The van der Waals surface area contributed by atoms with Crippen LogP contribution in [0.5, 0.6) is 0 Å². The number of nitrogens with one attached hydrogen (secondary N) is 1. The minimum atomic E-state index is -3.56. The number of fused-ring (bicyclic) bond motifs is 1. The number of pyridine rings is 1. The van der Waals surface area contributed by atoms with E-state index in [0.717, 1.165) is 60.9 Å². The molecule has 0 aliphatic carbocycles. The normalized spacial score (nSPS) is 15.0. The van der Waals surface area contributed by atoms with E-state index >= 15 is 0 Å². The number of piperazine rings is 1. The number of hydrogen-bond donors (Lipinski definition) is 1. The summed E-state index contributed by atoms with van der Waals surface area (Å²) in [5.41, 5.74) is 1.04. The molecule has 6 nitrogen and oxygen atoms in total. The Hall–Kier alpha value is -2.16. The topological polar surface area (TPSA) is 65.5 Å². The smallest absolute Gasteiger partial charge is 0.215 e. The Balaban J connectivity index is 1.70. The average Bonchev–Trinajstić information content (AvgIpc) is 3.21. The minimum absolute atomic E-state index is 0.330. The molecule has 8 heteroatoms. The molecule has 1 aliphatic heterocycles. The zero-order valence-electron chi connectivity index (χ0n) is 16.8. The number of aromatic nitrogens is 1. The van der Waals surface area contributed by atoms with E-state index in [-0.39, 0.29) is 0 Å². The highest BCUT2D eigenvalue weighted by Crippen LogP contribution is 2.37. The molecule has 3 aromatic rings. The molecule has 1 saturated heterocycles. The van der Waals surface area contributed by atoms with Crippen LogP contribution in [0, 0.1) is 0 Å².